The fraction of sp³-hybridized carbons (Fsp3) is 0.462. The minimum absolute atomic E-state index is 0.557. The van der Waals surface area contributed by atoms with Crippen LogP contribution in [0.1, 0.15) is 23.1 Å². The number of nitriles is 1. The molecule has 1 rings (SSSR count). The zero-order chi connectivity index (χ0) is 12.7. The van der Waals surface area contributed by atoms with Crippen molar-refractivity contribution in [2.75, 3.05) is 19.5 Å². The zero-order valence-corrected chi connectivity index (χ0v) is 11.0. The van der Waals surface area contributed by atoms with Crippen LogP contribution in [0.25, 0.3) is 0 Å². The minimum atomic E-state index is -0.854. The first kappa shape index (κ1) is 13.9. The number of methoxy groups -OCH3 is 1. The highest BCUT2D eigenvalue weighted by molar-refractivity contribution is 7.84. The summed E-state index contributed by atoms with van der Waals surface area (Å²) in [5.41, 5.74) is 2.74. The van der Waals surface area contributed by atoms with Crippen LogP contribution in [0.15, 0.2) is 18.2 Å². The topological polar surface area (TPSA) is 50.1 Å². The standard InChI is InChI=1S/C13H17NO2S/c1-11-8-12(9-14)4-5-13(11)10-17(15)7-3-6-16-2/h4-5,8H,3,6-7,10H2,1-2H3. The fourth-order valence-electron chi connectivity index (χ4n) is 1.54. The van der Waals surface area contributed by atoms with Crippen molar-refractivity contribution in [3.8, 4) is 6.07 Å². The van der Waals surface area contributed by atoms with Gasteiger partial charge in [0, 0.05) is 36.0 Å². The van der Waals surface area contributed by atoms with Crippen LogP contribution >= 0.6 is 0 Å². The first-order valence-corrected chi connectivity index (χ1v) is 6.99. The Bertz CT molecular complexity index is 438. The Morgan fingerprint density at radius 3 is 2.82 bits per heavy atom. The molecule has 92 valence electrons. The number of hydrogen-bond donors (Lipinski definition) is 0. The monoisotopic (exact) mass is 251 g/mol. The van der Waals surface area contributed by atoms with Crippen LogP contribution in [0.4, 0.5) is 0 Å². The Kier molecular flexibility index (Phi) is 5.88. The molecule has 0 saturated carbocycles. The molecule has 0 aliphatic rings. The summed E-state index contributed by atoms with van der Waals surface area (Å²) in [7, 11) is 0.792. The normalized spacial score (nSPS) is 12.1. The van der Waals surface area contributed by atoms with Gasteiger partial charge in [0.1, 0.15) is 0 Å². The number of nitrogens with zero attached hydrogens (tertiary/aromatic N) is 1. The predicted molar refractivity (Wildman–Crippen MR) is 69.1 cm³/mol. The van der Waals surface area contributed by atoms with E-state index in [-0.39, 0.29) is 0 Å². The predicted octanol–water partition coefficient (Wildman–Crippen LogP) is 2.15. The molecule has 17 heavy (non-hydrogen) atoms. The fourth-order valence-corrected chi connectivity index (χ4v) is 2.79. The lowest BCUT2D eigenvalue weighted by molar-refractivity contribution is 0.200. The molecule has 0 N–H and O–H groups in total. The summed E-state index contributed by atoms with van der Waals surface area (Å²) in [5, 5.41) is 8.75. The highest BCUT2D eigenvalue weighted by Crippen LogP contribution is 2.13. The molecule has 0 aliphatic heterocycles. The molecule has 0 radical (unpaired) electrons. The molecule has 0 amide bonds. The molecule has 4 heteroatoms. The quantitative estimate of drug-likeness (QED) is 0.728. The van der Waals surface area contributed by atoms with Crippen LogP contribution < -0.4 is 0 Å². The summed E-state index contributed by atoms with van der Waals surface area (Å²) in [6, 6.07) is 7.60. The van der Waals surface area contributed by atoms with E-state index in [1.807, 2.05) is 19.1 Å². The molecule has 0 aliphatic carbocycles. The maximum Gasteiger partial charge on any atom is 0.0991 e. The van der Waals surface area contributed by atoms with Crippen molar-refractivity contribution in [3.05, 3.63) is 34.9 Å². The Labute approximate surface area is 105 Å². The second-order valence-electron chi connectivity index (χ2n) is 3.89. The Morgan fingerprint density at radius 1 is 1.47 bits per heavy atom. The molecule has 0 spiro atoms. The number of aryl methyl sites for hydroxylation is 1. The van der Waals surface area contributed by atoms with Crippen molar-refractivity contribution >= 4 is 10.8 Å². The molecule has 1 unspecified atom stereocenters. The van der Waals surface area contributed by atoms with Gasteiger partial charge < -0.3 is 4.74 Å². The second kappa shape index (κ2) is 7.21. The van der Waals surface area contributed by atoms with E-state index in [1.165, 1.54) is 0 Å². The molecule has 3 nitrogen and oxygen atoms in total. The van der Waals surface area contributed by atoms with E-state index >= 15 is 0 Å². The Morgan fingerprint density at radius 2 is 2.24 bits per heavy atom. The van der Waals surface area contributed by atoms with Crippen molar-refractivity contribution in [1.29, 1.82) is 5.26 Å². The molecule has 1 aromatic carbocycles. The van der Waals surface area contributed by atoms with Crippen molar-refractivity contribution < 1.29 is 8.95 Å². The van der Waals surface area contributed by atoms with Gasteiger partial charge >= 0.3 is 0 Å². The first-order valence-electron chi connectivity index (χ1n) is 5.51. The van der Waals surface area contributed by atoms with Gasteiger partial charge in [-0.2, -0.15) is 5.26 Å². The highest BCUT2D eigenvalue weighted by Gasteiger charge is 2.05. The minimum Gasteiger partial charge on any atom is -0.385 e. The number of hydrogen-bond acceptors (Lipinski definition) is 3. The largest absolute Gasteiger partial charge is 0.385 e. The van der Waals surface area contributed by atoms with Crippen LogP contribution in [-0.2, 0) is 21.3 Å². The number of rotatable bonds is 6. The van der Waals surface area contributed by atoms with Crippen LogP contribution in [0.2, 0.25) is 0 Å². The van der Waals surface area contributed by atoms with E-state index in [0.717, 1.165) is 17.5 Å². The molecule has 0 aromatic heterocycles. The van der Waals surface area contributed by atoms with Crippen molar-refractivity contribution in [3.63, 3.8) is 0 Å². The SMILES string of the molecule is COCCCS(=O)Cc1ccc(C#N)cc1C. The second-order valence-corrected chi connectivity index (χ2v) is 5.46. The van der Waals surface area contributed by atoms with E-state index in [1.54, 1.807) is 13.2 Å². The van der Waals surface area contributed by atoms with Crippen LogP contribution in [0.3, 0.4) is 0 Å². The summed E-state index contributed by atoms with van der Waals surface area (Å²) in [6.07, 6.45) is 0.818. The zero-order valence-electron chi connectivity index (χ0n) is 10.2. The van der Waals surface area contributed by atoms with Crippen molar-refractivity contribution in [2.24, 2.45) is 0 Å². The maximum absolute atomic E-state index is 11.8. The maximum atomic E-state index is 11.8. The van der Waals surface area contributed by atoms with Gasteiger partial charge in [-0.3, -0.25) is 4.21 Å². The molecule has 0 bridgehead atoms. The van der Waals surface area contributed by atoms with Crippen molar-refractivity contribution in [2.45, 2.75) is 19.1 Å². The molecule has 1 aromatic rings. The molecule has 0 fully saturated rings. The van der Waals surface area contributed by atoms with Gasteiger partial charge in [-0.1, -0.05) is 6.07 Å². The van der Waals surface area contributed by atoms with E-state index < -0.39 is 10.8 Å². The van der Waals surface area contributed by atoms with E-state index in [9.17, 15) is 4.21 Å². The average molecular weight is 251 g/mol. The molecule has 1 atom stereocenters. The third kappa shape index (κ3) is 4.68. The van der Waals surface area contributed by atoms with Gasteiger partial charge in [-0.05, 0) is 36.6 Å². The van der Waals surface area contributed by atoms with Gasteiger partial charge in [0.05, 0.1) is 11.6 Å². The van der Waals surface area contributed by atoms with Crippen LogP contribution in [0.5, 0.6) is 0 Å². The average Bonchev–Trinajstić information content (AvgIpc) is 2.32. The molecular weight excluding hydrogens is 234 g/mol. The Hall–Kier alpha value is -1.18. The lowest BCUT2D eigenvalue weighted by Gasteiger charge is -2.06. The van der Waals surface area contributed by atoms with Crippen molar-refractivity contribution in [1.82, 2.24) is 0 Å². The third-order valence-corrected chi connectivity index (χ3v) is 3.89. The Balaban J connectivity index is 2.57. The molecule has 0 heterocycles. The lowest BCUT2D eigenvalue weighted by Crippen LogP contribution is -2.05. The third-order valence-electron chi connectivity index (χ3n) is 2.51. The smallest absolute Gasteiger partial charge is 0.0991 e. The molecular formula is C13H17NO2S. The van der Waals surface area contributed by atoms with E-state index in [4.69, 9.17) is 10.00 Å². The van der Waals surface area contributed by atoms with E-state index in [2.05, 4.69) is 6.07 Å². The van der Waals surface area contributed by atoms with Gasteiger partial charge in [-0.25, -0.2) is 0 Å². The summed E-state index contributed by atoms with van der Waals surface area (Å²) >= 11 is 0. The summed E-state index contributed by atoms with van der Waals surface area (Å²) in [6.45, 7) is 2.60. The van der Waals surface area contributed by atoms with Gasteiger partial charge in [0.15, 0.2) is 0 Å². The summed E-state index contributed by atoms with van der Waals surface area (Å²) in [4.78, 5) is 0. The van der Waals surface area contributed by atoms with E-state index in [0.29, 0.717) is 23.7 Å². The highest BCUT2D eigenvalue weighted by atomic mass is 32.2. The van der Waals surface area contributed by atoms with Gasteiger partial charge in [0.25, 0.3) is 0 Å². The lowest BCUT2D eigenvalue weighted by atomic mass is 10.1. The van der Waals surface area contributed by atoms with Gasteiger partial charge in [-0.15, -0.1) is 0 Å². The van der Waals surface area contributed by atoms with Crippen LogP contribution in [-0.4, -0.2) is 23.7 Å². The van der Waals surface area contributed by atoms with Crippen LogP contribution in [0, 0.1) is 18.3 Å². The number of ether oxygens (including phenoxy) is 1. The summed E-state index contributed by atoms with van der Waals surface area (Å²) in [5.74, 6) is 1.22. The van der Waals surface area contributed by atoms with Gasteiger partial charge in [0.2, 0.25) is 0 Å². The summed E-state index contributed by atoms with van der Waals surface area (Å²) < 4.78 is 16.7. The number of benzene rings is 1. The molecule has 0 saturated heterocycles. The first-order chi connectivity index (χ1) is 8.17.